The molecule has 0 unspecified atom stereocenters. The maximum atomic E-state index is 12.3. The van der Waals surface area contributed by atoms with Gasteiger partial charge in [0.1, 0.15) is 0 Å². The molecule has 0 atom stereocenters. The fourth-order valence-electron chi connectivity index (χ4n) is 2.65. The molecule has 0 spiro atoms. The Morgan fingerprint density at radius 2 is 1.84 bits per heavy atom. The van der Waals surface area contributed by atoms with Crippen LogP contribution in [0.15, 0.2) is 35.3 Å². The Morgan fingerprint density at radius 1 is 1.20 bits per heavy atom. The van der Waals surface area contributed by atoms with Crippen molar-refractivity contribution in [1.82, 2.24) is 10.2 Å². The van der Waals surface area contributed by atoms with Crippen molar-refractivity contribution in [2.24, 2.45) is 16.6 Å². The van der Waals surface area contributed by atoms with Crippen molar-refractivity contribution in [3.8, 4) is 0 Å². The second kappa shape index (κ2) is 11.2. The first-order valence-electron chi connectivity index (χ1n) is 8.68. The third kappa shape index (κ3) is 7.50. The maximum absolute atomic E-state index is 12.3. The van der Waals surface area contributed by atoms with Gasteiger partial charge in [-0.05, 0) is 18.1 Å². The van der Waals surface area contributed by atoms with Gasteiger partial charge in [-0.15, -0.1) is 24.0 Å². The van der Waals surface area contributed by atoms with E-state index in [-0.39, 0.29) is 29.9 Å². The molecule has 1 saturated heterocycles. The summed E-state index contributed by atoms with van der Waals surface area (Å²) in [7, 11) is 0. The van der Waals surface area contributed by atoms with Crippen LogP contribution in [-0.4, -0.2) is 56.0 Å². The average molecular weight is 459 g/mol. The van der Waals surface area contributed by atoms with Crippen LogP contribution in [0.1, 0.15) is 20.3 Å². The van der Waals surface area contributed by atoms with Crippen molar-refractivity contribution in [2.75, 3.05) is 44.2 Å². The van der Waals surface area contributed by atoms with Crippen molar-refractivity contribution in [3.63, 3.8) is 0 Å². The van der Waals surface area contributed by atoms with Gasteiger partial charge < -0.3 is 20.9 Å². The van der Waals surface area contributed by atoms with E-state index >= 15 is 0 Å². The zero-order valence-electron chi connectivity index (χ0n) is 15.1. The lowest BCUT2D eigenvalue weighted by molar-refractivity contribution is -0.131. The lowest BCUT2D eigenvalue weighted by atomic mass is 10.2. The molecule has 0 radical (unpaired) electrons. The van der Waals surface area contributed by atoms with Gasteiger partial charge in [-0.2, -0.15) is 0 Å². The molecule has 140 valence electrons. The Hall–Kier alpha value is -1.51. The highest BCUT2D eigenvalue weighted by Crippen LogP contribution is 2.15. The van der Waals surface area contributed by atoms with Gasteiger partial charge in [0.2, 0.25) is 5.91 Å². The summed E-state index contributed by atoms with van der Waals surface area (Å²) in [5, 5.41) is 3.01. The summed E-state index contributed by atoms with van der Waals surface area (Å²) in [6.07, 6.45) is 0.448. The number of nitrogens with two attached hydrogens (primary N) is 1. The molecule has 0 aromatic heterocycles. The summed E-state index contributed by atoms with van der Waals surface area (Å²) in [4.78, 5) is 20.8. The number of benzene rings is 1. The van der Waals surface area contributed by atoms with Gasteiger partial charge >= 0.3 is 0 Å². The van der Waals surface area contributed by atoms with Crippen molar-refractivity contribution in [1.29, 1.82) is 0 Å². The first-order valence-corrected chi connectivity index (χ1v) is 8.68. The highest BCUT2D eigenvalue weighted by atomic mass is 127. The molecule has 1 aromatic rings. The van der Waals surface area contributed by atoms with Gasteiger partial charge in [0, 0.05) is 51.4 Å². The number of halogens is 1. The van der Waals surface area contributed by atoms with Gasteiger partial charge in [0.15, 0.2) is 5.96 Å². The Morgan fingerprint density at radius 3 is 2.44 bits per heavy atom. The molecule has 0 bridgehead atoms. The van der Waals surface area contributed by atoms with Crippen molar-refractivity contribution in [2.45, 2.75) is 20.3 Å². The Kier molecular flexibility index (Phi) is 9.62. The van der Waals surface area contributed by atoms with Gasteiger partial charge in [0.05, 0.1) is 0 Å². The second-order valence-electron chi connectivity index (χ2n) is 6.50. The number of aliphatic imine (C=N–C) groups is 1. The molecule has 6 nitrogen and oxygen atoms in total. The number of anilines is 1. The highest BCUT2D eigenvalue weighted by molar-refractivity contribution is 14.0. The smallest absolute Gasteiger partial charge is 0.224 e. The molecule has 0 aliphatic carbocycles. The number of carbonyl (C=O) groups is 1. The average Bonchev–Trinajstić information content (AvgIpc) is 2.61. The second-order valence-corrected chi connectivity index (χ2v) is 6.50. The van der Waals surface area contributed by atoms with Crippen LogP contribution in [0.5, 0.6) is 0 Å². The van der Waals surface area contributed by atoms with Gasteiger partial charge in [-0.1, -0.05) is 32.0 Å². The summed E-state index contributed by atoms with van der Waals surface area (Å²) in [5.74, 6) is 1.07. The minimum absolute atomic E-state index is 0. The molecular formula is C18H30IN5O. The number of guanidine groups is 1. The Bertz CT molecular complexity index is 542. The highest BCUT2D eigenvalue weighted by Gasteiger charge is 2.20. The van der Waals surface area contributed by atoms with E-state index in [2.05, 4.69) is 41.2 Å². The molecule has 1 heterocycles. The van der Waals surface area contributed by atoms with Crippen LogP contribution in [-0.2, 0) is 4.79 Å². The predicted octanol–water partition coefficient (Wildman–Crippen LogP) is 1.90. The topological polar surface area (TPSA) is 74.0 Å². The van der Waals surface area contributed by atoms with E-state index in [1.165, 1.54) is 5.69 Å². The molecule has 1 aliphatic heterocycles. The molecule has 25 heavy (non-hydrogen) atoms. The summed E-state index contributed by atoms with van der Waals surface area (Å²) in [5.41, 5.74) is 7.00. The van der Waals surface area contributed by atoms with E-state index in [9.17, 15) is 4.79 Å². The number of amides is 1. The van der Waals surface area contributed by atoms with Crippen molar-refractivity contribution < 1.29 is 4.79 Å². The van der Waals surface area contributed by atoms with E-state index in [1.807, 2.05) is 23.1 Å². The fraction of sp³-hybridized carbons (Fsp3) is 0.556. The SMILES string of the molecule is CC(C)CN=C(N)NCCC(=O)N1CCN(c2ccccc2)CC1.I. The van der Waals surface area contributed by atoms with Crippen LogP contribution in [0.25, 0.3) is 0 Å². The van der Waals surface area contributed by atoms with Gasteiger partial charge in [0.25, 0.3) is 0 Å². The molecule has 7 heteroatoms. The largest absolute Gasteiger partial charge is 0.370 e. The van der Waals surface area contributed by atoms with Crippen LogP contribution in [0.4, 0.5) is 5.69 Å². The third-order valence-corrected chi connectivity index (χ3v) is 4.03. The molecule has 1 aliphatic rings. The summed E-state index contributed by atoms with van der Waals surface area (Å²) in [6, 6.07) is 10.3. The van der Waals surface area contributed by atoms with E-state index in [0.29, 0.717) is 31.4 Å². The number of hydrogen-bond donors (Lipinski definition) is 2. The molecule has 1 aromatic carbocycles. The Labute approximate surface area is 167 Å². The normalized spacial score (nSPS) is 15.1. The first-order chi connectivity index (χ1) is 11.6. The van der Waals surface area contributed by atoms with E-state index in [0.717, 1.165) is 26.2 Å². The lowest BCUT2D eigenvalue weighted by Crippen LogP contribution is -2.49. The number of piperazine rings is 1. The minimum atomic E-state index is 0. The number of hydrogen-bond acceptors (Lipinski definition) is 3. The molecule has 0 saturated carbocycles. The van der Waals surface area contributed by atoms with Crippen LogP contribution in [0.3, 0.4) is 0 Å². The first kappa shape index (κ1) is 21.5. The number of nitrogens with zero attached hydrogens (tertiary/aromatic N) is 3. The summed E-state index contributed by atoms with van der Waals surface area (Å²) >= 11 is 0. The van der Waals surface area contributed by atoms with E-state index < -0.39 is 0 Å². The monoisotopic (exact) mass is 459 g/mol. The van der Waals surface area contributed by atoms with E-state index in [1.54, 1.807) is 0 Å². The number of carbonyl (C=O) groups excluding carboxylic acids is 1. The maximum Gasteiger partial charge on any atom is 0.224 e. The summed E-state index contributed by atoms with van der Waals surface area (Å²) < 4.78 is 0. The standard InChI is InChI=1S/C18H29N5O.HI/c1-15(2)14-21-18(19)20-9-8-17(24)23-12-10-22(11-13-23)16-6-4-3-5-7-16;/h3-7,15H,8-14H2,1-2H3,(H3,19,20,21);1H. The zero-order valence-corrected chi connectivity index (χ0v) is 17.5. The van der Waals surface area contributed by atoms with E-state index in [4.69, 9.17) is 5.73 Å². The quantitative estimate of drug-likeness (QED) is 0.387. The molecule has 2 rings (SSSR count). The zero-order chi connectivity index (χ0) is 17.4. The van der Waals surface area contributed by atoms with Crippen LogP contribution >= 0.6 is 24.0 Å². The van der Waals surface area contributed by atoms with Crippen molar-refractivity contribution in [3.05, 3.63) is 30.3 Å². The predicted molar refractivity (Wildman–Crippen MR) is 115 cm³/mol. The van der Waals surface area contributed by atoms with Gasteiger partial charge in [-0.25, -0.2) is 0 Å². The lowest BCUT2D eigenvalue weighted by Gasteiger charge is -2.36. The molecule has 1 fully saturated rings. The Balaban J connectivity index is 0.00000312. The molecular weight excluding hydrogens is 429 g/mol. The fourth-order valence-corrected chi connectivity index (χ4v) is 2.65. The van der Waals surface area contributed by atoms with Crippen LogP contribution < -0.4 is 16.0 Å². The third-order valence-electron chi connectivity index (χ3n) is 4.03. The minimum Gasteiger partial charge on any atom is -0.370 e. The number of nitrogens with one attached hydrogen (secondary N) is 1. The van der Waals surface area contributed by atoms with Gasteiger partial charge in [-0.3, -0.25) is 9.79 Å². The molecule has 3 N–H and O–H groups in total. The number of para-hydroxylation sites is 1. The van der Waals surface area contributed by atoms with Crippen LogP contribution in [0.2, 0.25) is 0 Å². The van der Waals surface area contributed by atoms with Crippen molar-refractivity contribution >= 4 is 41.5 Å². The number of rotatable bonds is 6. The van der Waals surface area contributed by atoms with Crippen LogP contribution in [0, 0.1) is 5.92 Å². The molecule has 1 amide bonds. The summed E-state index contributed by atoms with van der Waals surface area (Å²) in [6.45, 7) is 8.71.